The molecule has 0 bridgehead atoms. The van der Waals surface area contributed by atoms with E-state index in [4.69, 9.17) is 19.7 Å². The lowest BCUT2D eigenvalue weighted by atomic mass is 10.1. The van der Waals surface area contributed by atoms with E-state index >= 15 is 0 Å². The van der Waals surface area contributed by atoms with Crippen molar-refractivity contribution in [2.75, 3.05) is 31.2 Å². The Balaban J connectivity index is 1.57. The lowest BCUT2D eigenvalue weighted by Gasteiger charge is -2.18. The molecule has 0 radical (unpaired) electrons. The predicted octanol–water partition coefficient (Wildman–Crippen LogP) is 1.32. The number of carbonyl (C=O) groups is 1. The predicted molar refractivity (Wildman–Crippen MR) is 111 cm³/mol. The molecule has 2 aromatic heterocycles. The van der Waals surface area contributed by atoms with Gasteiger partial charge < -0.3 is 25.0 Å². The Morgan fingerprint density at radius 3 is 2.93 bits per heavy atom. The number of anilines is 2. The number of nitrogen functional groups attached to an aromatic ring is 1. The molecule has 0 amide bonds. The minimum Gasteiger partial charge on any atom is -0.462 e. The third kappa shape index (κ3) is 5.25. The molecule has 1 aliphatic rings. The summed E-state index contributed by atoms with van der Waals surface area (Å²) >= 11 is 0. The molecular weight excluding hydrogens is 413 g/mol. The Morgan fingerprint density at radius 2 is 2.23 bits per heavy atom. The largest absolute Gasteiger partial charge is 0.462 e. The topological polar surface area (TPSA) is 156 Å². The number of carbonyl (C=O) groups excluding carboxylic acids is 1. The first kappa shape index (κ1) is 22.4. The number of aromatic nitrogens is 4. The normalized spacial score (nSPS) is 22.5. The van der Waals surface area contributed by atoms with Gasteiger partial charge in [0, 0.05) is 13.0 Å². The van der Waals surface area contributed by atoms with Gasteiger partial charge in [-0.2, -0.15) is 9.97 Å². The van der Waals surface area contributed by atoms with Crippen LogP contribution in [0.2, 0.25) is 0 Å². The maximum atomic E-state index is 12.0. The SMILES string of the molecule is CNc1nc(N)nc2c1ncn2[C@@H]1O[C@H](CO[PH](=O)NCC(=O)OC(C)C)C[C@@H]1C. The average Bonchev–Trinajstić information content (AvgIpc) is 3.26. The van der Waals surface area contributed by atoms with Crippen molar-refractivity contribution in [2.24, 2.45) is 5.92 Å². The smallest absolute Gasteiger partial charge is 0.320 e. The van der Waals surface area contributed by atoms with Gasteiger partial charge in [0.2, 0.25) is 5.95 Å². The van der Waals surface area contributed by atoms with Crippen molar-refractivity contribution in [3.63, 3.8) is 0 Å². The number of nitrogens with two attached hydrogens (primary N) is 1. The number of nitrogens with zero attached hydrogens (tertiary/aromatic N) is 4. The second kappa shape index (κ2) is 9.69. The highest BCUT2D eigenvalue weighted by Gasteiger charge is 2.35. The summed E-state index contributed by atoms with van der Waals surface area (Å²) < 4.78 is 30.3. The van der Waals surface area contributed by atoms with E-state index in [0.717, 1.165) is 0 Å². The van der Waals surface area contributed by atoms with Gasteiger partial charge in [0.1, 0.15) is 12.8 Å². The first-order valence-corrected chi connectivity index (χ1v) is 11.0. The van der Waals surface area contributed by atoms with E-state index in [1.807, 2.05) is 11.5 Å². The Morgan fingerprint density at radius 1 is 1.47 bits per heavy atom. The standard InChI is InChI=1S/C17H28N7O5P/c1-9(2)28-12(25)6-21-30(26)27-7-11-5-10(3)16(29-11)24-8-20-13-14(19-4)22-17(18)23-15(13)24/h8-11,16,30H,5-7H2,1-4H3,(H,21,26)(H3,18,19,22,23)/t10-,11-,16+/m0/s1. The Hall–Kier alpha value is -2.27. The molecule has 3 heterocycles. The summed E-state index contributed by atoms with van der Waals surface area (Å²) in [5.74, 6) is 0.343. The monoisotopic (exact) mass is 441 g/mol. The molecule has 4 N–H and O–H groups in total. The molecule has 0 spiro atoms. The highest BCUT2D eigenvalue weighted by Crippen LogP contribution is 2.37. The van der Waals surface area contributed by atoms with Crippen LogP contribution in [0.1, 0.15) is 33.4 Å². The van der Waals surface area contributed by atoms with Gasteiger partial charge in [-0.1, -0.05) is 6.92 Å². The minimum absolute atomic E-state index is 0.135. The molecule has 166 valence electrons. The second-order valence-corrected chi connectivity index (χ2v) is 8.57. The molecule has 13 heteroatoms. The van der Waals surface area contributed by atoms with Gasteiger partial charge in [0.15, 0.2) is 17.0 Å². The van der Waals surface area contributed by atoms with Crippen LogP contribution in [0, 0.1) is 5.92 Å². The van der Waals surface area contributed by atoms with Crippen LogP contribution < -0.4 is 16.1 Å². The van der Waals surface area contributed by atoms with Crippen molar-refractivity contribution < 1.29 is 23.4 Å². The lowest BCUT2D eigenvalue weighted by Crippen LogP contribution is -2.23. The minimum atomic E-state index is -2.59. The Bertz CT molecular complexity index is 921. The van der Waals surface area contributed by atoms with Crippen LogP contribution in [0.4, 0.5) is 11.8 Å². The second-order valence-electron chi connectivity index (χ2n) is 7.36. The van der Waals surface area contributed by atoms with Crippen molar-refractivity contribution in [1.82, 2.24) is 24.6 Å². The van der Waals surface area contributed by atoms with Crippen molar-refractivity contribution >= 4 is 37.1 Å². The summed E-state index contributed by atoms with van der Waals surface area (Å²) in [5.41, 5.74) is 6.99. The van der Waals surface area contributed by atoms with Gasteiger partial charge in [-0.3, -0.25) is 13.9 Å². The van der Waals surface area contributed by atoms with Crippen LogP contribution in [0.15, 0.2) is 6.33 Å². The maximum absolute atomic E-state index is 12.0. The van der Waals surface area contributed by atoms with E-state index in [2.05, 4.69) is 25.4 Å². The quantitative estimate of drug-likeness (QED) is 0.381. The van der Waals surface area contributed by atoms with Gasteiger partial charge >= 0.3 is 5.97 Å². The average molecular weight is 441 g/mol. The first-order chi connectivity index (χ1) is 14.3. The number of esters is 1. The zero-order valence-electron chi connectivity index (χ0n) is 17.4. The van der Waals surface area contributed by atoms with Gasteiger partial charge in [-0.05, 0) is 20.3 Å². The fourth-order valence-electron chi connectivity index (χ4n) is 3.33. The molecule has 0 saturated carbocycles. The number of rotatable bonds is 9. The molecule has 3 rings (SSSR count). The van der Waals surface area contributed by atoms with E-state index in [0.29, 0.717) is 23.4 Å². The molecule has 1 aliphatic heterocycles. The molecule has 2 aromatic rings. The molecule has 12 nitrogen and oxygen atoms in total. The number of fused-ring (bicyclic) bond motifs is 1. The highest BCUT2D eigenvalue weighted by molar-refractivity contribution is 7.36. The molecule has 1 saturated heterocycles. The van der Waals surface area contributed by atoms with E-state index in [-0.39, 0.29) is 43.5 Å². The third-order valence-corrected chi connectivity index (χ3v) is 5.44. The van der Waals surface area contributed by atoms with E-state index in [9.17, 15) is 9.36 Å². The van der Waals surface area contributed by atoms with Gasteiger partial charge in [0.25, 0.3) is 8.18 Å². The summed E-state index contributed by atoms with van der Waals surface area (Å²) in [6, 6.07) is 0. The zero-order valence-corrected chi connectivity index (χ0v) is 18.4. The highest BCUT2D eigenvalue weighted by atomic mass is 31.1. The summed E-state index contributed by atoms with van der Waals surface area (Å²) in [6.45, 7) is 5.50. The van der Waals surface area contributed by atoms with Crippen LogP contribution >= 0.6 is 8.18 Å². The number of hydrogen-bond donors (Lipinski definition) is 3. The van der Waals surface area contributed by atoms with Crippen LogP contribution in [0.25, 0.3) is 11.2 Å². The summed E-state index contributed by atoms with van der Waals surface area (Å²) in [4.78, 5) is 24.3. The van der Waals surface area contributed by atoms with E-state index < -0.39 is 14.1 Å². The fraction of sp³-hybridized carbons (Fsp3) is 0.647. The van der Waals surface area contributed by atoms with Crippen molar-refractivity contribution in [2.45, 2.75) is 45.6 Å². The summed E-state index contributed by atoms with van der Waals surface area (Å²) in [5, 5.41) is 5.50. The van der Waals surface area contributed by atoms with E-state index in [1.54, 1.807) is 27.2 Å². The summed E-state index contributed by atoms with van der Waals surface area (Å²) in [6.07, 6.45) is 1.54. The van der Waals surface area contributed by atoms with Gasteiger partial charge in [-0.15, -0.1) is 0 Å². The van der Waals surface area contributed by atoms with E-state index in [1.165, 1.54) is 0 Å². The van der Waals surface area contributed by atoms with Crippen molar-refractivity contribution in [3.05, 3.63) is 6.33 Å². The van der Waals surface area contributed by atoms with Crippen LogP contribution in [0.3, 0.4) is 0 Å². The number of imidazole rings is 1. The Kier molecular flexibility index (Phi) is 7.24. The molecule has 0 aromatic carbocycles. The third-order valence-electron chi connectivity index (χ3n) is 4.55. The van der Waals surface area contributed by atoms with Crippen molar-refractivity contribution in [1.29, 1.82) is 0 Å². The van der Waals surface area contributed by atoms with Crippen LogP contribution in [-0.2, 0) is 23.4 Å². The maximum Gasteiger partial charge on any atom is 0.320 e. The zero-order chi connectivity index (χ0) is 21.8. The number of nitrogens with one attached hydrogen (secondary N) is 2. The fourth-order valence-corrected chi connectivity index (χ4v) is 4.06. The van der Waals surface area contributed by atoms with Gasteiger partial charge in [-0.25, -0.2) is 10.1 Å². The molecule has 30 heavy (non-hydrogen) atoms. The van der Waals surface area contributed by atoms with Crippen LogP contribution in [-0.4, -0.2) is 57.9 Å². The first-order valence-electron chi connectivity index (χ1n) is 9.71. The van der Waals surface area contributed by atoms with Crippen molar-refractivity contribution in [3.8, 4) is 0 Å². The number of hydrogen-bond acceptors (Lipinski definition) is 10. The molecule has 0 aliphatic carbocycles. The number of ether oxygens (including phenoxy) is 2. The molecule has 4 atom stereocenters. The molecule has 1 unspecified atom stereocenters. The van der Waals surface area contributed by atoms with Crippen LogP contribution in [0.5, 0.6) is 0 Å². The Labute approximate surface area is 174 Å². The van der Waals surface area contributed by atoms with Gasteiger partial charge in [0.05, 0.1) is 25.1 Å². The lowest BCUT2D eigenvalue weighted by molar-refractivity contribution is -0.145. The molecular formula is C17H28N7O5P. The molecule has 1 fully saturated rings. The summed E-state index contributed by atoms with van der Waals surface area (Å²) in [7, 11) is -0.852.